The van der Waals surface area contributed by atoms with Crippen LogP contribution in [0.25, 0.3) is 0 Å². The molecular weight excluding hydrogens is 261 g/mol. The lowest BCUT2D eigenvalue weighted by Gasteiger charge is -2.34. The molecule has 0 bridgehead atoms. The van der Waals surface area contributed by atoms with Crippen molar-refractivity contribution in [3.8, 4) is 0 Å². The molecule has 0 saturated carbocycles. The number of hydrogen-bond donors (Lipinski definition) is 1. The molecule has 1 rings (SSSR count). The van der Waals surface area contributed by atoms with Gasteiger partial charge < -0.3 is 5.32 Å². The van der Waals surface area contributed by atoms with Gasteiger partial charge in [-0.05, 0) is 48.4 Å². The Bertz CT molecular complexity index is 406. The lowest BCUT2D eigenvalue weighted by atomic mass is 9.74. The van der Waals surface area contributed by atoms with Gasteiger partial charge >= 0.3 is 0 Å². The Morgan fingerprint density at radius 1 is 1.37 bits per heavy atom. The summed E-state index contributed by atoms with van der Waals surface area (Å²) in [6.45, 7) is 10.8. The Hall–Kier alpha value is -0.600. The van der Waals surface area contributed by atoms with Crippen molar-refractivity contribution < 1.29 is 4.39 Å². The zero-order valence-electron chi connectivity index (χ0n) is 12.4. The van der Waals surface area contributed by atoms with Gasteiger partial charge in [0.1, 0.15) is 5.82 Å². The third-order valence-corrected chi connectivity index (χ3v) is 4.25. The van der Waals surface area contributed by atoms with E-state index < -0.39 is 0 Å². The van der Waals surface area contributed by atoms with Gasteiger partial charge in [0.15, 0.2) is 0 Å². The SMILES string of the molecule is CCCNCC(C)(Cc1ccc(Cl)c(F)c1)C(C)C. The fourth-order valence-electron chi connectivity index (χ4n) is 2.14. The van der Waals surface area contributed by atoms with Crippen molar-refractivity contribution in [1.29, 1.82) is 0 Å². The van der Waals surface area contributed by atoms with E-state index >= 15 is 0 Å². The standard InChI is InChI=1S/C16H25ClFN/c1-5-8-19-11-16(4,12(2)3)10-13-6-7-14(17)15(18)9-13/h6-7,9,12,19H,5,8,10-11H2,1-4H3. The Kier molecular flexibility index (Phi) is 6.28. The van der Waals surface area contributed by atoms with Crippen LogP contribution in [0.5, 0.6) is 0 Å². The number of hydrogen-bond acceptors (Lipinski definition) is 1. The quantitative estimate of drug-likeness (QED) is 0.717. The lowest BCUT2D eigenvalue weighted by molar-refractivity contribution is 0.207. The van der Waals surface area contributed by atoms with Crippen LogP contribution in [0.4, 0.5) is 4.39 Å². The van der Waals surface area contributed by atoms with Crippen LogP contribution in [0.2, 0.25) is 5.02 Å². The monoisotopic (exact) mass is 285 g/mol. The molecule has 108 valence electrons. The minimum Gasteiger partial charge on any atom is -0.316 e. The molecule has 1 unspecified atom stereocenters. The third kappa shape index (κ3) is 4.77. The van der Waals surface area contributed by atoms with E-state index in [-0.39, 0.29) is 16.3 Å². The maximum Gasteiger partial charge on any atom is 0.142 e. The van der Waals surface area contributed by atoms with Crippen LogP contribution in [0.1, 0.15) is 39.7 Å². The highest BCUT2D eigenvalue weighted by Crippen LogP contribution is 2.31. The fraction of sp³-hybridized carbons (Fsp3) is 0.625. The zero-order valence-corrected chi connectivity index (χ0v) is 13.1. The molecule has 1 aromatic carbocycles. The first kappa shape index (κ1) is 16.5. The molecule has 0 spiro atoms. The molecule has 1 nitrogen and oxygen atoms in total. The van der Waals surface area contributed by atoms with Crippen molar-refractivity contribution in [2.24, 2.45) is 11.3 Å². The molecule has 3 heteroatoms. The van der Waals surface area contributed by atoms with Crippen LogP contribution in [-0.2, 0) is 6.42 Å². The summed E-state index contributed by atoms with van der Waals surface area (Å²) in [5.74, 6) is 0.197. The second-order valence-electron chi connectivity index (χ2n) is 5.91. The first-order chi connectivity index (χ1) is 8.89. The van der Waals surface area contributed by atoms with Gasteiger partial charge in [-0.1, -0.05) is 45.4 Å². The highest BCUT2D eigenvalue weighted by Gasteiger charge is 2.28. The summed E-state index contributed by atoms with van der Waals surface area (Å²) in [6, 6.07) is 5.13. The zero-order chi connectivity index (χ0) is 14.5. The predicted molar refractivity (Wildman–Crippen MR) is 81.2 cm³/mol. The van der Waals surface area contributed by atoms with Gasteiger partial charge in [-0.25, -0.2) is 4.39 Å². The lowest BCUT2D eigenvalue weighted by Crippen LogP contribution is -2.38. The summed E-state index contributed by atoms with van der Waals surface area (Å²) in [7, 11) is 0. The van der Waals surface area contributed by atoms with E-state index in [0.717, 1.165) is 31.5 Å². The highest BCUT2D eigenvalue weighted by atomic mass is 35.5. The molecule has 1 N–H and O–H groups in total. The average molecular weight is 286 g/mol. The van der Waals surface area contributed by atoms with Gasteiger partial charge in [0.2, 0.25) is 0 Å². The molecule has 0 aliphatic rings. The number of rotatable bonds is 7. The van der Waals surface area contributed by atoms with Crippen molar-refractivity contribution in [2.45, 2.75) is 40.5 Å². The summed E-state index contributed by atoms with van der Waals surface area (Å²) < 4.78 is 13.5. The van der Waals surface area contributed by atoms with Crippen molar-refractivity contribution in [2.75, 3.05) is 13.1 Å². The van der Waals surface area contributed by atoms with Crippen molar-refractivity contribution in [3.05, 3.63) is 34.6 Å². The number of nitrogens with one attached hydrogen (secondary N) is 1. The molecule has 0 fully saturated rings. The van der Waals surface area contributed by atoms with E-state index in [2.05, 4.69) is 33.0 Å². The largest absolute Gasteiger partial charge is 0.316 e. The smallest absolute Gasteiger partial charge is 0.142 e. The molecule has 0 aromatic heterocycles. The molecule has 0 aliphatic heterocycles. The van der Waals surface area contributed by atoms with Gasteiger partial charge in [-0.15, -0.1) is 0 Å². The van der Waals surface area contributed by atoms with E-state index in [1.165, 1.54) is 0 Å². The minimum atomic E-state index is -0.327. The first-order valence-electron chi connectivity index (χ1n) is 7.03. The molecule has 1 aromatic rings. The summed E-state index contributed by atoms with van der Waals surface area (Å²) in [5, 5.41) is 3.68. The van der Waals surface area contributed by atoms with Gasteiger partial charge in [-0.2, -0.15) is 0 Å². The molecule has 0 saturated heterocycles. The maximum atomic E-state index is 13.5. The second-order valence-corrected chi connectivity index (χ2v) is 6.32. The van der Waals surface area contributed by atoms with Crippen LogP contribution >= 0.6 is 11.6 Å². The van der Waals surface area contributed by atoms with Crippen molar-refractivity contribution in [1.82, 2.24) is 5.32 Å². The Labute approximate surface area is 121 Å². The van der Waals surface area contributed by atoms with Crippen LogP contribution in [0, 0.1) is 17.2 Å². The van der Waals surface area contributed by atoms with Gasteiger partial charge in [0, 0.05) is 6.54 Å². The van der Waals surface area contributed by atoms with E-state index in [9.17, 15) is 4.39 Å². The molecular formula is C16H25ClFN. The van der Waals surface area contributed by atoms with Crippen LogP contribution < -0.4 is 5.32 Å². The summed E-state index contributed by atoms with van der Waals surface area (Å²) in [5.41, 5.74) is 1.13. The number of benzene rings is 1. The fourth-order valence-corrected chi connectivity index (χ4v) is 2.25. The van der Waals surface area contributed by atoms with Gasteiger partial charge in [0.25, 0.3) is 0 Å². The van der Waals surface area contributed by atoms with Crippen molar-refractivity contribution in [3.63, 3.8) is 0 Å². The summed E-state index contributed by atoms with van der Waals surface area (Å²) in [4.78, 5) is 0. The molecule has 1 atom stereocenters. The van der Waals surface area contributed by atoms with Gasteiger partial charge in [-0.3, -0.25) is 0 Å². The molecule has 0 heterocycles. The van der Waals surface area contributed by atoms with E-state index in [0.29, 0.717) is 5.92 Å². The Morgan fingerprint density at radius 3 is 2.58 bits per heavy atom. The van der Waals surface area contributed by atoms with Gasteiger partial charge in [0.05, 0.1) is 5.02 Å². The molecule has 0 radical (unpaired) electrons. The van der Waals surface area contributed by atoms with Crippen LogP contribution in [-0.4, -0.2) is 13.1 Å². The van der Waals surface area contributed by atoms with E-state index in [4.69, 9.17) is 11.6 Å². The van der Waals surface area contributed by atoms with Crippen LogP contribution in [0.15, 0.2) is 18.2 Å². The van der Waals surface area contributed by atoms with E-state index in [1.807, 2.05) is 6.07 Å². The molecule has 0 aliphatic carbocycles. The minimum absolute atomic E-state index is 0.120. The Morgan fingerprint density at radius 2 is 2.05 bits per heavy atom. The van der Waals surface area contributed by atoms with E-state index in [1.54, 1.807) is 12.1 Å². The molecule has 0 amide bonds. The maximum absolute atomic E-state index is 13.5. The van der Waals surface area contributed by atoms with Crippen molar-refractivity contribution >= 4 is 11.6 Å². The summed E-state index contributed by atoms with van der Waals surface area (Å²) >= 11 is 5.73. The molecule has 19 heavy (non-hydrogen) atoms. The first-order valence-corrected chi connectivity index (χ1v) is 7.41. The normalized spacial score (nSPS) is 14.7. The number of halogens is 2. The third-order valence-electron chi connectivity index (χ3n) is 3.94. The topological polar surface area (TPSA) is 12.0 Å². The summed E-state index contributed by atoms with van der Waals surface area (Å²) in [6.07, 6.45) is 1.99. The average Bonchev–Trinajstić information content (AvgIpc) is 2.34. The Balaban J connectivity index is 2.79. The highest BCUT2D eigenvalue weighted by molar-refractivity contribution is 6.30. The second kappa shape index (κ2) is 7.25. The van der Waals surface area contributed by atoms with Crippen LogP contribution in [0.3, 0.4) is 0 Å². The predicted octanol–water partition coefficient (Wildman–Crippen LogP) is 4.68.